The Labute approximate surface area is 264 Å². The molecule has 0 spiro atoms. The number of hydrogen-bond donors (Lipinski definition) is 11. The second kappa shape index (κ2) is 15.0. The Balaban J connectivity index is 0.00000705. The van der Waals surface area contributed by atoms with E-state index in [2.05, 4.69) is 0 Å². The maximum absolute atomic E-state index is 12.7. The molecule has 0 aliphatic rings. The number of aliphatic hydroxyl groups is 2. The van der Waals surface area contributed by atoms with Crippen LogP contribution in [0.5, 0.6) is 51.7 Å². The number of aliphatic hydroxyl groups excluding tert-OH is 2. The van der Waals surface area contributed by atoms with Gasteiger partial charge >= 0.3 is 37.4 Å². The van der Waals surface area contributed by atoms with E-state index in [1.807, 2.05) is 0 Å². The monoisotopic (exact) mass is 684 g/mol. The predicted octanol–water partition coefficient (Wildman–Crippen LogP) is 0.362. The number of phenolic OH excluding ortho intramolecular Hbond substituents is 9. The Morgan fingerprint density at radius 2 is 0.933 bits per heavy atom. The van der Waals surface area contributed by atoms with Gasteiger partial charge in [0.2, 0.25) is 0 Å². The molecule has 3 aromatic rings. The average Bonchev–Trinajstić information content (AvgIpc) is 2.97. The molecule has 17 nitrogen and oxygen atoms in total. The van der Waals surface area contributed by atoms with Crippen LogP contribution in [0.4, 0.5) is 0 Å². The van der Waals surface area contributed by atoms with Gasteiger partial charge in [-0.1, -0.05) is 0 Å². The van der Waals surface area contributed by atoms with E-state index in [0.29, 0.717) is 30.9 Å². The zero-order valence-corrected chi connectivity index (χ0v) is 25.6. The van der Waals surface area contributed by atoms with Gasteiger partial charge in [-0.15, -0.1) is 6.61 Å². The molecule has 0 saturated carbocycles. The minimum Gasteiger partial charge on any atom is -0.631 e. The molecule has 236 valence electrons. The number of phenols is 9. The summed E-state index contributed by atoms with van der Waals surface area (Å²) in [4.78, 5) is 37.2. The van der Waals surface area contributed by atoms with Gasteiger partial charge in [-0.2, -0.15) is 0 Å². The van der Waals surface area contributed by atoms with Gasteiger partial charge in [0, 0.05) is 6.10 Å². The van der Waals surface area contributed by atoms with Crippen molar-refractivity contribution in [2.75, 3.05) is 6.61 Å². The molecule has 18 heteroatoms. The van der Waals surface area contributed by atoms with Gasteiger partial charge in [-0.25, -0.2) is 14.4 Å². The van der Waals surface area contributed by atoms with Crippen molar-refractivity contribution >= 4 is 17.9 Å². The Morgan fingerprint density at radius 3 is 1.33 bits per heavy atom. The first-order valence-electron chi connectivity index (χ1n) is 12.0. The largest absolute Gasteiger partial charge is 2.00 e. The Morgan fingerprint density at radius 1 is 0.578 bits per heavy atom. The summed E-state index contributed by atoms with van der Waals surface area (Å²) in [7, 11) is 0. The molecule has 0 fully saturated rings. The summed E-state index contributed by atoms with van der Waals surface area (Å²) in [5.41, 5.74) is -1.50. The van der Waals surface area contributed by atoms with Crippen LogP contribution in [0.1, 0.15) is 31.1 Å². The van der Waals surface area contributed by atoms with Crippen molar-refractivity contribution in [2.24, 2.45) is 0 Å². The molecule has 0 heterocycles. The Bertz CT molecular complexity index is 1500. The fraction of sp³-hybridized carbons (Fsp3) is 0.148. The van der Waals surface area contributed by atoms with Gasteiger partial charge in [0.25, 0.3) is 0 Å². The van der Waals surface area contributed by atoms with Crippen molar-refractivity contribution in [3.8, 4) is 51.7 Å². The molecule has 0 radical (unpaired) electrons. The van der Waals surface area contributed by atoms with Crippen molar-refractivity contribution < 1.29 is 104 Å². The molecular weight excluding hydrogens is 662 g/mol. The Kier molecular flexibility index (Phi) is 12.0. The third-order valence-electron chi connectivity index (χ3n) is 5.70. The number of esters is 3. The standard InChI is InChI=1S/C27H24O17.Zn/c28-13(1-2-42-25(39)10-3-14(29)21(36)15(30)4-10)24(44-27(41)12-7-18(33)23(38)19(34)8-12)20(35)9-43-26(40)11-5-16(31)22(37)17(32)6-11;/h1,3-9,13,20,24,28-38H,2H2;/q-2;+2/t13-,20+,24+;/m1./s1. The molecule has 0 bridgehead atoms. The first kappa shape index (κ1) is 36.0. The third-order valence-corrected chi connectivity index (χ3v) is 5.70. The van der Waals surface area contributed by atoms with Crippen LogP contribution in [0, 0.1) is 13.0 Å². The summed E-state index contributed by atoms with van der Waals surface area (Å²) in [5.74, 6) is -12.0. The minimum absolute atomic E-state index is 0. The first-order chi connectivity index (χ1) is 20.6. The van der Waals surface area contributed by atoms with E-state index < -0.39 is 111 Å². The topological polar surface area (TPSA) is 301 Å². The van der Waals surface area contributed by atoms with Crippen LogP contribution in [0.3, 0.4) is 0 Å². The summed E-state index contributed by atoms with van der Waals surface area (Å²) >= 11 is 0. The molecule has 0 aliphatic heterocycles. The number of rotatable bonds is 11. The summed E-state index contributed by atoms with van der Waals surface area (Å²) < 4.78 is 14.7. The van der Waals surface area contributed by atoms with Gasteiger partial charge in [0.05, 0.1) is 16.7 Å². The predicted molar refractivity (Wildman–Crippen MR) is 140 cm³/mol. The van der Waals surface area contributed by atoms with Crippen LogP contribution < -0.4 is 0 Å². The van der Waals surface area contributed by atoms with E-state index >= 15 is 0 Å². The Hall–Kier alpha value is -5.19. The molecule has 0 saturated heterocycles. The molecular formula is C27H24O17Zn. The zero-order chi connectivity index (χ0) is 32.9. The van der Waals surface area contributed by atoms with Crippen LogP contribution in [-0.4, -0.2) is 99.0 Å². The summed E-state index contributed by atoms with van der Waals surface area (Å²) in [5, 5.41) is 107. The van der Waals surface area contributed by atoms with E-state index in [-0.39, 0.29) is 19.5 Å². The fourth-order valence-corrected chi connectivity index (χ4v) is 3.42. The van der Waals surface area contributed by atoms with Crippen LogP contribution in [-0.2, 0) is 33.7 Å². The van der Waals surface area contributed by atoms with E-state index in [1.165, 1.54) is 0 Å². The summed E-state index contributed by atoms with van der Waals surface area (Å²) in [6, 6.07) is 4.30. The van der Waals surface area contributed by atoms with Gasteiger partial charge < -0.3 is 70.4 Å². The van der Waals surface area contributed by atoms with Crippen LogP contribution in [0.25, 0.3) is 0 Å². The number of hydrogen-bond acceptors (Lipinski definition) is 17. The van der Waals surface area contributed by atoms with Gasteiger partial charge in [0.15, 0.2) is 51.7 Å². The molecule has 0 unspecified atom stereocenters. The van der Waals surface area contributed by atoms with Crippen LogP contribution >= 0.6 is 0 Å². The second-order valence-corrected chi connectivity index (χ2v) is 8.82. The average molecular weight is 686 g/mol. The normalized spacial score (nSPS) is 12.7. The van der Waals surface area contributed by atoms with Crippen molar-refractivity contribution in [3.63, 3.8) is 0 Å². The molecule has 0 amide bonds. The fourth-order valence-electron chi connectivity index (χ4n) is 3.42. The summed E-state index contributed by atoms with van der Waals surface area (Å²) in [6.07, 6.45) is -5.44. The number of benzene rings is 3. The molecule has 0 aromatic heterocycles. The van der Waals surface area contributed by atoms with E-state index in [0.717, 1.165) is 18.6 Å². The quantitative estimate of drug-likeness (QED) is 0.0427. The number of ether oxygens (including phenoxy) is 3. The van der Waals surface area contributed by atoms with Crippen molar-refractivity contribution in [2.45, 2.75) is 18.3 Å². The number of aromatic hydroxyl groups is 9. The van der Waals surface area contributed by atoms with Crippen LogP contribution in [0.2, 0.25) is 0 Å². The number of carbonyl (C=O) groups excluding carboxylic acids is 3. The maximum atomic E-state index is 12.7. The van der Waals surface area contributed by atoms with Gasteiger partial charge in [-0.3, -0.25) is 6.42 Å². The van der Waals surface area contributed by atoms with E-state index in [9.17, 15) is 70.6 Å². The first-order valence-corrected chi connectivity index (χ1v) is 12.0. The molecule has 3 atom stereocenters. The zero-order valence-electron chi connectivity index (χ0n) is 22.6. The van der Waals surface area contributed by atoms with Crippen LogP contribution in [0.15, 0.2) is 36.4 Å². The van der Waals surface area contributed by atoms with E-state index in [4.69, 9.17) is 14.2 Å². The molecule has 3 aromatic carbocycles. The molecule has 45 heavy (non-hydrogen) atoms. The second-order valence-electron chi connectivity index (χ2n) is 8.82. The van der Waals surface area contributed by atoms with Crippen molar-refractivity contribution in [1.29, 1.82) is 0 Å². The maximum Gasteiger partial charge on any atom is 2.00 e. The molecule has 3 rings (SSSR count). The van der Waals surface area contributed by atoms with Crippen molar-refractivity contribution in [1.82, 2.24) is 0 Å². The van der Waals surface area contributed by atoms with E-state index in [1.54, 1.807) is 0 Å². The summed E-state index contributed by atoms with van der Waals surface area (Å²) in [6.45, 7) is -0.381. The SMILES string of the molecule is O=C(O[CH-][C@H](O)[C@@H](OC(=O)c1cc(O)c(O)c(O)c1)[C@H](O)[CH-]COC(=O)c1cc(O)c(O)c(O)c1)c1cc(O)c(O)c(O)c1.[Zn+2]. The van der Waals surface area contributed by atoms with Gasteiger partial charge in [-0.05, 0) is 49.1 Å². The minimum atomic E-state index is -2.16. The third kappa shape index (κ3) is 8.69. The smallest absolute Gasteiger partial charge is 0.631 e. The number of carbonyl (C=O) groups is 3. The molecule has 11 N–H and O–H groups in total. The van der Waals surface area contributed by atoms with Crippen molar-refractivity contribution in [3.05, 3.63) is 66.1 Å². The van der Waals surface area contributed by atoms with Gasteiger partial charge in [0.1, 0.15) is 6.10 Å². The molecule has 0 aliphatic carbocycles.